The fraction of sp³-hybridized carbons (Fsp3) is 0.769. The minimum atomic E-state index is -1.66. The highest BCUT2D eigenvalue weighted by atomic mass is 16.8. The van der Waals surface area contributed by atoms with Gasteiger partial charge in [0.1, 0.15) is 30.5 Å². The van der Waals surface area contributed by atoms with Crippen molar-refractivity contribution in [2.24, 2.45) is 29.6 Å². The molecule has 5 N–H and O–H groups in total. The first-order valence-electron chi connectivity index (χ1n) is 13.1. The van der Waals surface area contributed by atoms with Crippen LogP contribution in [0.4, 0.5) is 0 Å². The summed E-state index contributed by atoms with van der Waals surface area (Å²) >= 11 is 0. The Balaban J connectivity index is 1.58. The Kier molecular flexibility index (Phi) is 9.13. The highest BCUT2D eigenvalue weighted by molar-refractivity contribution is 5.91. The molecule has 0 spiro atoms. The number of hydrogen-bond acceptors (Lipinski definition) is 12. The lowest BCUT2D eigenvalue weighted by molar-refractivity contribution is -0.327. The van der Waals surface area contributed by atoms with E-state index in [1.165, 1.54) is 0 Å². The zero-order chi connectivity index (χ0) is 27.7. The van der Waals surface area contributed by atoms with E-state index in [9.17, 15) is 35.1 Å². The van der Waals surface area contributed by atoms with E-state index in [-0.39, 0.29) is 55.0 Å². The fourth-order valence-corrected chi connectivity index (χ4v) is 6.04. The molecule has 3 fully saturated rings. The quantitative estimate of drug-likeness (QED) is 0.224. The Hall–Kier alpha value is -2.06. The van der Waals surface area contributed by atoms with Crippen LogP contribution in [0.3, 0.4) is 0 Å². The van der Waals surface area contributed by atoms with Gasteiger partial charge in [-0.05, 0) is 37.0 Å². The number of rotatable bonds is 4. The molecule has 12 nitrogen and oxygen atoms in total. The Morgan fingerprint density at radius 3 is 2.47 bits per heavy atom. The van der Waals surface area contributed by atoms with Gasteiger partial charge in [-0.2, -0.15) is 0 Å². The van der Waals surface area contributed by atoms with E-state index in [1.807, 2.05) is 13.8 Å². The third-order valence-corrected chi connectivity index (χ3v) is 8.43. The average Bonchev–Trinajstić information content (AvgIpc) is 3.21. The Morgan fingerprint density at radius 1 is 1.08 bits per heavy atom. The number of carbonyl (C=O) groups excluding carboxylic acids is 2. The number of carbonyl (C=O) groups is 2. The van der Waals surface area contributed by atoms with Crippen molar-refractivity contribution in [1.29, 1.82) is 0 Å². The molecule has 0 aromatic heterocycles. The van der Waals surface area contributed by atoms with Crippen LogP contribution < -0.4 is 0 Å². The van der Waals surface area contributed by atoms with Crippen molar-refractivity contribution in [1.82, 2.24) is 0 Å². The molecule has 2 saturated heterocycles. The second-order valence-electron chi connectivity index (χ2n) is 10.6. The normalized spacial score (nSPS) is 45.2. The monoisotopic (exact) mass is 542 g/mol. The van der Waals surface area contributed by atoms with Crippen LogP contribution in [0.15, 0.2) is 23.5 Å². The minimum absolute atomic E-state index is 0.0230. The second kappa shape index (κ2) is 12.0. The van der Waals surface area contributed by atoms with E-state index in [4.69, 9.17) is 23.7 Å². The van der Waals surface area contributed by atoms with E-state index in [1.54, 1.807) is 13.0 Å². The van der Waals surface area contributed by atoms with Crippen molar-refractivity contribution in [3.63, 3.8) is 0 Å². The van der Waals surface area contributed by atoms with Gasteiger partial charge >= 0.3 is 11.9 Å². The van der Waals surface area contributed by atoms with E-state index < -0.39 is 61.5 Å². The second-order valence-corrected chi connectivity index (χ2v) is 10.6. The largest absolute Gasteiger partial charge is 0.468 e. The molecular formula is C26H38O12. The van der Waals surface area contributed by atoms with Gasteiger partial charge in [0, 0.05) is 18.1 Å². The summed E-state index contributed by atoms with van der Waals surface area (Å²) in [5.41, 5.74) is 0.458. The predicted molar refractivity (Wildman–Crippen MR) is 128 cm³/mol. The number of aliphatic hydroxyl groups excluding tert-OH is 5. The topological polar surface area (TPSA) is 181 Å². The van der Waals surface area contributed by atoms with Crippen molar-refractivity contribution < 1.29 is 58.8 Å². The Labute approximate surface area is 220 Å². The SMILES string of the molecule is C/C=C1/[C@H](O[C@@H]2O[C@H](CO)[C@@H](O)[C@H](O)[C@H]2O)OC=C2C(=O)OC[C@H](C)[C@@H]3C[C@H](OC(=O)C[C@H]21)[C@H](C)[C@H]3CO. The number of aliphatic hydroxyl groups is 5. The minimum Gasteiger partial charge on any atom is -0.468 e. The summed E-state index contributed by atoms with van der Waals surface area (Å²) < 4.78 is 28.3. The van der Waals surface area contributed by atoms with Crippen LogP contribution in [0.2, 0.25) is 0 Å². The van der Waals surface area contributed by atoms with Crippen LogP contribution in [0.25, 0.3) is 0 Å². The number of allylic oxidation sites excluding steroid dienone is 1. The molecule has 12 atom stereocenters. The summed E-state index contributed by atoms with van der Waals surface area (Å²) in [5, 5.41) is 50.0. The highest BCUT2D eigenvalue weighted by Crippen LogP contribution is 2.44. The van der Waals surface area contributed by atoms with Crippen LogP contribution in [0.5, 0.6) is 0 Å². The number of fused-ring (bicyclic) bond motifs is 3. The Bertz CT molecular complexity index is 931. The van der Waals surface area contributed by atoms with E-state index >= 15 is 0 Å². The average molecular weight is 543 g/mol. The van der Waals surface area contributed by atoms with E-state index in [2.05, 4.69) is 0 Å². The molecule has 38 heavy (non-hydrogen) atoms. The molecule has 0 radical (unpaired) electrons. The molecule has 2 bridgehead atoms. The van der Waals surface area contributed by atoms with Crippen LogP contribution in [-0.2, 0) is 33.3 Å². The lowest BCUT2D eigenvalue weighted by atomic mass is 9.83. The van der Waals surface area contributed by atoms with Crippen LogP contribution in [0, 0.1) is 29.6 Å². The zero-order valence-electron chi connectivity index (χ0n) is 21.7. The molecule has 0 aromatic carbocycles. The van der Waals surface area contributed by atoms with Crippen LogP contribution >= 0.6 is 0 Å². The van der Waals surface area contributed by atoms with Crippen molar-refractivity contribution in [3.05, 3.63) is 23.5 Å². The Morgan fingerprint density at radius 2 is 1.82 bits per heavy atom. The van der Waals surface area contributed by atoms with E-state index in [0.717, 1.165) is 6.26 Å². The number of hydrogen-bond donors (Lipinski definition) is 5. The molecule has 1 saturated carbocycles. The molecule has 12 heteroatoms. The van der Waals surface area contributed by atoms with Gasteiger partial charge in [-0.1, -0.05) is 19.9 Å². The maximum Gasteiger partial charge on any atom is 0.337 e. The van der Waals surface area contributed by atoms with Gasteiger partial charge in [-0.25, -0.2) is 4.79 Å². The van der Waals surface area contributed by atoms with Gasteiger partial charge in [0.25, 0.3) is 0 Å². The van der Waals surface area contributed by atoms with Gasteiger partial charge < -0.3 is 49.2 Å². The van der Waals surface area contributed by atoms with Crippen LogP contribution in [-0.4, -0.2) is 100 Å². The molecule has 4 aliphatic rings. The standard InChI is InChI=1S/C26H38O12/c1-4-13-15-6-20(29)36-18-5-14(16(7-27)12(18)3)11(2)9-34-24(33)17(15)10-35-25(13)38-26-23(32)22(31)21(30)19(8-28)37-26/h4,10-12,14-16,18-19,21-23,25-28,30-32H,5-9H2,1-3H3/b13-4+/t11-,12+,14-,15-,16+,18-,19+,21+,22-,23+,25-,26-/m0/s1. The van der Waals surface area contributed by atoms with Crippen LogP contribution in [0.1, 0.15) is 33.6 Å². The van der Waals surface area contributed by atoms with Gasteiger partial charge in [-0.15, -0.1) is 0 Å². The molecule has 1 aliphatic carbocycles. The first kappa shape index (κ1) is 28.9. The zero-order valence-corrected chi connectivity index (χ0v) is 21.7. The summed E-state index contributed by atoms with van der Waals surface area (Å²) in [6.45, 7) is 4.97. The lowest BCUT2D eigenvalue weighted by Gasteiger charge is -2.42. The smallest absolute Gasteiger partial charge is 0.337 e. The van der Waals surface area contributed by atoms with Gasteiger partial charge in [0.2, 0.25) is 6.29 Å². The fourth-order valence-electron chi connectivity index (χ4n) is 6.04. The summed E-state index contributed by atoms with van der Waals surface area (Å²) in [7, 11) is 0. The third-order valence-electron chi connectivity index (χ3n) is 8.43. The first-order chi connectivity index (χ1) is 18.1. The molecule has 214 valence electrons. The van der Waals surface area contributed by atoms with Crippen molar-refractivity contribution in [2.75, 3.05) is 19.8 Å². The van der Waals surface area contributed by atoms with Gasteiger partial charge in [-0.3, -0.25) is 4.79 Å². The predicted octanol–water partition coefficient (Wildman–Crippen LogP) is -0.635. The molecule has 0 unspecified atom stereocenters. The summed E-state index contributed by atoms with van der Waals surface area (Å²) in [5.74, 6) is -2.24. The van der Waals surface area contributed by atoms with E-state index in [0.29, 0.717) is 12.0 Å². The highest BCUT2D eigenvalue weighted by Gasteiger charge is 2.48. The van der Waals surface area contributed by atoms with Gasteiger partial charge in [0.05, 0.1) is 31.5 Å². The molecule has 0 aromatic rings. The molecular weight excluding hydrogens is 504 g/mol. The number of ether oxygens (including phenoxy) is 5. The number of cyclic esters (lactones) is 1. The molecule has 3 heterocycles. The first-order valence-corrected chi connectivity index (χ1v) is 13.1. The number of esters is 2. The molecule has 3 aliphatic heterocycles. The lowest BCUT2D eigenvalue weighted by Crippen LogP contribution is -2.60. The molecule has 4 rings (SSSR count). The van der Waals surface area contributed by atoms with Gasteiger partial charge in [0.15, 0.2) is 6.29 Å². The molecule has 0 amide bonds. The van der Waals surface area contributed by atoms with Crippen molar-refractivity contribution in [3.8, 4) is 0 Å². The third kappa shape index (κ3) is 5.48. The summed E-state index contributed by atoms with van der Waals surface area (Å²) in [4.78, 5) is 26.2. The summed E-state index contributed by atoms with van der Waals surface area (Å²) in [6.07, 6.45) is -6.06. The van der Waals surface area contributed by atoms with Crippen molar-refractivity contribution in [2.45, 2.75) is 76.7 Å². The maximum absolute atomic E-state index is 13.1. The van der Waals surface area contributed by atoms with Crippen molar-refractivity contribution >= 4 is 11.9 Å². The summed E-state index contributed by atoms with van der Waals surface area (Å²) in [6, 6.07) is 0. The maximum atomic E-state index is 13.1.